The minimum atomic E-state index is -1.24. The molecule has 1 aliphatic heterocycles. The number of ketones is 1. The minimum Gasteiger partial charge on any atom is -0.461 e. The smallest absolute Gasteiger partial charge is 0.303 e. The Morgan fingerprint density at radius 2 is 1.44 bits per heavy atom. The maximum absolute atomic E-state index is 12.8. The number of halogens is 1. The molecule has 0 spiro atoms. The van der Waals surface area contributed by atoms with Crippen LogP contribution in [0.15, 0.2) is 48.5 Å². The highest BCUT2D eigenvalue weighted by molar-refractivity contribution is 6.30. The zero-order valence-corrected chi connectivity index (χ0v) is 19.4. The van der Waals surface area contributed by atoms with Crippen molar-refractivity contribution in [1.82, 2.24) is 0 Å². The number of esters is 3. The Kier molecular flexibility index (Phi) is 8.25. The van der Waals surface area contributed by atoms with Gasteiger partial charge in [0.15, 0.2) is 18.0 Å². The summed E-state index contributed by atoms with van der Waals surface area (Å²) < 4.78 is 27.3. The van der Waals surface area contributed by atoms with Crippen molar-refractivity contribution in [1.29, 1.82) is 0 Å². The second-order valence-corrected chi connectivity index (χ2v) is 7.92. The summed E-state index contributed by atoms with van der Waals surface area (Å²) >= 11 is 5.89. The molecule has 10 heteroatoms. The van der Waals surface area contributed by atoms with Crippen molar-refractivity contribution in [2.24, 2.45) is 0 Å². The maximum atomic E-state index is 12.8. The van der Waals surface area contributed by atoms with Crippen molar-refractivity contribution in [2.45, 2.75) is 45.4 Å². The van der Waals surface area contributed by atoms with Crippen LogP contribution in [0.3, 0.4) is 0 Å². The van der Waals surface area contributed by atoms with E-state index in [4.69, 9.17) is 35.3 Å². The molecule has 0 amide bonds. The molecule has 1 fully saturated rings. The molecule has 0 saturated carbocycles. The quantitative estimate of drug-likeness (QED) is 0.328. The Morgan fingerprint density at radius 1 is 0.824 bits per heavy atom. The summed E-state index contributed by atoms with van der Waals surface area (Å²) in [6.45, 7) is 3.36. The van der Waals surface area contributed by atoms with E-state index in [9.17, 15) is 19.2 Å². The van der Waals surface area contributed by atoms with Gasteiger partial charge in [-0.1, -0.05) is 23.7 Å². The average molecular weight is 491 g/mol. The average Bonchev–Trinajstić information content (AvgIpc) is 2.77. The van der Waals surface area contributed by atoms with Gasteiger partial charge in [-0.2, -0.15) is 0 Å². The van der Waals surface area contributed by atoms with Crippen molar-refractivity contribution in [3.8, 4) is 5.75 Å². The molecule has 1 saturated heterocycles. The third kappa shape index (κ3) is 6.55. The Labute approximate surface area is 200 Å². The summed E-state index contributed by atoms with van der Waals surface area (Å²) in [4.78, 5) is 47.8. The third-order valence-electron chi connectivity index (χ3n) is 4.76. The van der Waals surface area contributed by atoms with Gasteiger partial charge in [-0.15, -0.1) is 0 Å². The Bertz CT molecular complexity index is 1070. The van der Waals surface area contributed by atoms with E-state index in [1.54, 1.807) is 42.5 Å². The molecule has 2 aromatic rings. The van der Waals surface area contributed by atoms with E-state index in [1.165, 1.54) is 26.8 Å². The van der Waals surface area contributed by atoms with E-state index < -0.39 is 42.5 Å². The molecule has 0 N–H and O–H groups in total. The van der Waals surface area contributed by atoms with E-state index in [0.717, 1.165) is 0 Å². The van der Waals surface area contributed by atoms with E-state index in [0.29, 0.717) is 16.1 Å². The summed E-state index contributed by atoms with van der Waals surface area (Å²) in [6.07, 6.45) is -4.62. The Balaban J connectivity index is 1.85. The minimum absolute atomic E-state index is 0.177. The van der Waals surface area contributed by atoms with Crippen LogP contribution < -0.4 is 4.74 Å². The van der Waals surface area contributed by atoms with Gasteiger partial charge in [0.05, 0.1) is 6.61 Å². The summed E-state index contributed by atoms with van der Waals surface area (Å²) in [5.41, 5.74) is 0.779. The number of hydrogen-bond donors (Lipinski definition) is 0. The number of hydrogen-bond acceptors (Lipinski definition) is 9. The van der Waals surface area contributed by atoms with Crippen LogP contribution >= 0.6 is 11.6 Å². The van der Waals surface area contributed by atoms with Gasteiger partial charge in [0.2, 0.25) is 12.4 Å². The van der Waals surface area contributed by atoms with Gasteiger partial charge >= 0.3 is 17.9 Å². The maximum Gasteiger partial charge on any atom is 0.303 e. The molecule has 2 aromatic carbocycles. The molecule has 1 aliphatic rings. The molecule has 0 bridgehead atoms. The molecule has 0 aromatic heterocycles. The van der Waals surface area contributed by atoms with Crippen LogP contribution in [-0.4, -0.2) is 54.9 Å². The largest absolute Gasteiger partial charge is 0.461 e. The number of ether oxygens (including phenoxy) is 5. The van der Waals surface area contributed by atoms with Gasteiger partial charge < -0.3 is 23.7 Å². The van der Waals surface area contributed by atoms with E-state index in [1.807, 2.05) is 0 Å². The van der Waals surface area contributed by atoms with Gasteiger partial charge in [-0.3, -0.25) is 19.2 Å². The first kappa shape index (κ1) is 25.2. The number of rotatable bonds is 7. The SMILES string of the molecule is CC(=O)O[C@@H]1[C@@H](OC(C)=O)[C@H](Oc2cccc(C(=O)c3ccc(Cl)cc3)c2)OC[C@H]1OC(C)=O. The fourth-order valence-corrected chi connectivity index (χ4v) is 3.55. The van der Waals surface area contributed by atoms with Crippen LogP contribution in [0, 0.1) is 0 Å². The second kappa shape index (κ2) is 11.1. The topological polar surface area (TPSA) is 114 Å². The molecule has 4 atom stereocenters. The van der Waals surface area contributed by atoms with Crippen LogP contribution in [-0.2, 0) is 33.3 Å². The van der Waals surface area contributed by atoms with Gasteiger partial charge in [0, 0.05) is 36.9 Å². The second-order valence-electron chi connectivity index (χ2n) is 7.48. The van der Waals surface area contributed by atoms with E-state index in [-0.39, 0.29) is 18.1 Å². The molecule has 34 heavy (non-hydrogen) atoms. The van der Waals surface area contributed by atoms with Crippen LogP contribution in [0.4, 0.5) is 0 Å². The number of carbonyl (C=O) groups is 4. The summed E-state index contributed by atoms with van der Waals surface area (Å²) in [7, 11) is 0. The van der Waals surface area contributed by atoms with Crippen LogP contribution in [0.25, 0.3) is 0 Å². The lowest BCUT2D eigenvalue weighted by atomic mass is 10.0. The van der Waals surface area contributed by atoms with Gasteiger partial charge in [-0.05, 0) is 36.4 Å². The van der Waals surface area contributed by atoms with Gasteiger partial charge in [0.25, 0.3) is 0 Å². The van der Waals surface area contributed by atoms with Crippen molar-refractivity contribution >= 4 is 35.3 Å². The zero-order chi connectivity index (χ0) is 24.8. The highest BCUT2D eigenvalue weighted by Crippen LogP contribution is 2.28. The lowest BCUT2D eigenvalue weighted by Crippen LogP contribution is -2.59. The van der Waals surface area contributed by atoms with Crippen molar-refractivity contribution in [3.05, 3.63) is 64.7 Å². The summed E-state index contributed by atoms with van der Waals surface area (Å²) in [6, 6.07) is 12.8. The Morgan fingerprint density at radius 3 is 2.06 bits per heavy atom. The van der Waals surface area contributed by atoms with Crippen molar-refractivity contribution < 1.29 is 42.9 Å². The predicted molar refractivity (Wildman–Crippen MR) is 118 cm³/mol. The van der Waals surface area contributed by atoms with Crippen molar-refractivity contribution in [3.63, 3.8) is 0 Å². The fourth-order valence-electron chi connectivity index (χ4n) is 3.42. The van der Waals surface area contributed by atoms with Crippen LogP contribution in [0.1, 0.15) is 36.7 Å². The van der Waals surface area contributed by atoms with Crippen LogP contribution in [0.2, 0.25) is 5.02 Å². The molecular formula is C24H23ClO9. The zero-order valence-electron chi connectivity index (χ0n) is 18.7. The molecule has 3 rings (SSSR count). The monoisotopic (exact) mass is 490 g/mol. The first-order valence-electron chi connectivity index (χ1n) is 10.3. The lowest BCUT2D eigenvalue weighted by Gasteiger charge is -2.40. The first-order chi connectivity index (χ1) is 16.1. The third-order valence-corrected chi connectivity index (χ3v) is 5.01. The standard InChI is InChI=1S/C24H23ClO9/c1-13(26)31-20-12-30-24(23(33-15(3)28)22(20)32-14(2)27)34-19-6-4-5-17(11-19)21(29)16-7-9-18(25)10-8-16/h4-11,20,22-24H,12H2,1-3H3/t20-,22+,23-,24+/m1/s1. The normalized spacial score (nSPS) is 21.8. The van der Waals surface area contributed by atoms with Crippen LogP contribution in [0.5, 0.6) is 5.75 Å². The Hall–Kier alpha value is -3.43. The fraction of sp³-hybridized carbons (Fsp3) is 0.333. The molecule has 0 aliphatic carbocycles. The van der Waals surface area contributed by atoms with Gasteiger partial charge in [0.1, 0.15) is 5.75 Å². The molecular weight excluding hydrogens is 468 g/mol. The lowest BCUT2D eigenvalue weighted by molar-refractivity contribution is -0.259. The van der Waals surface area contributed by atoms with Gasteiger partial charge in [-0.25, -0.2) is 0 Å². The van der Waals surface area contributed by atoms with E-state index >= 15 is 0 Å². The summed E-state index contributed by atoms with van der Waals surface area (Å²) in [5, 5.41) is 0.508. The molecule has 0 unspecified atom stereocenters. The summed E-state index contributed by atoms with van der Waals surface area (Å²) in [5.74, 6) is -1.99. The molecule has 1 heterocycles. The number of benzene rings is 2. The van der Waals surface area contributed by atoms with E-state index in [2.05, 4.69) is 0 Å². The predicted octanol–water partition coefficient (Wildman–Crippen LogP) is 3.10. The van der Waals surface area contributed by atoms with Crippen molar-refractivity contribution in [2.75, 3.05) is 6.61 Å². The highest BCUT2D eigenvalue weighted by atomic mass is 35.5. The highest BCUT2D eigenvalue weighted by Gasteiger charge is 2.48. The molecule has 0 radical (unpaired) electrons. The molecule has 180 valence electrons. The number of carbonyl (C=O) groups excluding carboxylic acids is 4. The molecule has 9 nitrogen and oxygen atoms in total. The first-order valence-corrected chi connectivity index (χ1v) is 10.7.